The molecule has 0 bridgehead atoms. The maximum absolute atomic E-state index is 5.68. The highest BCUT2D eigenvalue weighted by Crippen LogP contribution is 2.29. The first kappa shape index (κ1) is 14.7. The first-order chi connectivity index (χ1) is 7.97. The molecule has 1 rings (SSSR count). The molecule has 3 N–H and O–H groups in total. The van der Waals surface area contributed by atoms with E-state index >= 15 is 0 Å². The van der Waals surface area contributed by atoms with Crippen LogP contribution in [0.4, 0.5) is 0 Å². The molecule has 0 fully saturated rings. The van der Waals surface area contributed by atoms with E-state index in [9.17, 15) is 0 Å². The smallest absolute Gasteiger partial charge is 0.0712 e. The maximum atomic E-state index is 5.68. The average Bonchev–Trinajstić information content (AvgIpc) is 2.62. The fourth-order valence-corrected chi connectivity index (χ4v) is 2.44. The number of rotatable bonds is 6. The van der Waals surface area contributed by atoms with E-state index in [4.69, 9.17) is 5.84 Å². The largest absolute Gasteiger partial charge is 0.271 e. The van der Waals surface area contributed by atoms with Crippen molar-refractivity contribution in [2.24, 2.45) is 11.8 Å². The fourth-order valence-electron chi connectivity index (χ4n) is 1.89. The van der Waals surface area contributed by atoms with Gasteiger partial charge in [-0.2, -0.15) is 5.10 Å². The highest BCUT2D eigenvalue weighted by atomic mass is 79.9. The second-order valence-electron chi connectivity index (χ2n) is 5.11. The van der Waals surface area contributed by atoms with Gasteiger partial charge in [0.2, 0.25) is 0 Å². The molecule has 1 aromatic heterocycles. The van der Waals surface area contributed by atoms with Gasteiger partial charge in [0.05, 0.1) is 22.4 Å². The van der Waals surface area contributed by atoms with Gasteiger partial charge in [0, 0.05) is 6.04 Å². The molecule has 1 atom stereocenters. The van der Waals surface area contributed by atoms with E-state index in [1.807, 2.05) is 10.9 Å². The number of hydrogen-bond acceptors (Lipinski definition) is 3. The summed E-state index contributed by atoms with van der Waals surface area (Å²) < 4.78 is 3.05. The van der Waals surface area contributed by atoms with E-state index in [2.05, 4.69) is 54.1 Å². The minimum atomic E-state index is 0.150. The van der Waals surface area contributed by atoms with Gasteiger partial charge < -0.3 is 0 Å². The van der Waals surface area contributed by atoms with Gasteiger partial charge in [0.1, 0.15) is 0 Å². The van der Waals surface area contributed by atoms with Crippen LogP contribution in [-0.4, -0.2) is 9.78 Å². The Hall–Kier alpha value is -0.390. The van der Waals surface area contributed by atoms with Crippen LogP contribution in [0.25, 0.3) is 0 Å². The van der Waals surface area contributed by atoms with Crippen LogP contribution in [0.3, 0.4) is 0 Å². The molecule has 1 unspecified atom stereocenters. The van der Waals surface area contributed by atoms with Crippen molar-refractivity contribution in [1.82, 2.24) is 15.2 Å². The van der Waals surface area contributed by atoms with E-state index in [1.54, 1.807) is 0 Å². The summed E-state index contributed by atoms with van der Waals surface area (Å²) in [7, 11) is 0. The summed E-state index contributed by atoms with van der Waals surface area (Å²) in [4.78, 5) is 0. The third kappa shape index (κ3) is 3.79. The molecule has 0 radical (unpaired) electrons. The molecule has 1 aromatic rings. The standard InChI is InChI=1S/C12H23BrN4/c1-8(2)5-6-11(16-14)12-10(13)7-15-17(12)9(3)4/h7-9,11,16H,5-6,14H2,1-4H3. The summed E-state index contributed by atoms with van der Waals surface area (Å²) in [6.45, 7) is 8.70. The molecule has 0 aliphatic rings. The van der Waals surface area contributed by atoms with E-state index in [0.717, 1.165) is 23.0 Å². The van der Waals surface area contributed by atoms with Crippen LogP contribution in [0.1, 0.15) is 58.3 Å². The highest BCUT2D eigenvalue weighted by Gasteiger charge is 2.20. The van der Waals surface area contributed by atoms with E-state index in [0.29, 0.717) is 12.0 Å². The van der Waals surface area contributed by atoms with Crippen LogP contribution in [0.2, 0.25) is 0 Å². The minimum Gasteiger partial charge on any atom is -0.271 e. The van der Waals surface area contributed by atoms with Gasteiger partial charge in [-0.1, -0.05) is 13.8 Å². The summed E-state index contributed by atoms with van der Waals surface area (Å²) in [6, 6.07) is 0.489. The maximum Gasteiger partial charge on any atom is 0.0712 e. The number of nitrogens with two attached hydrogens (primary N) is 1. The summed E-state index contributed by atoms with van der Waals surface area (Å²) in [6.07, 6.45) is 4.00. The van der Waals surface area contributed by atoms with Gasteiger partial charge >= 0.3 is 0 Å². The number of aromatic nitrogens is 2. The molecule has 0 aliphatic carbocycles. The van der Waals surface area contributed by atoms with Gasteiger partial charge in [-0.25, -0.2) is 0 Å². The first-order valence-corrected chi connectivity index (χ1v) is 6.95. The number of hydrogen-bond donors (Lipinski definition) is 2. The van der Waals surface area contributed by atoms with Crippen LogP contribution in [0.5, 0.6) is 0 Å². The van der Waals surface area contributed by atoms with Crippen molar-refractivity contribution < 1.29 is 0 Å². The molecule has 4 nitrogen and oxygen atoms in total. The SMILES string of the molecule is CC(C)CCC(NN)c1c(Br)cnn1C(C)C. The monoisotopic (exact) mass is 302 g/mol. The van der Waals surface area contributed by atoms with Gasteiger partial charge in [0.15, 0.2) is 0 Å². The molecule has 0 aromatic carbocycles. The number of nitrogens with zero attached hydrogens (tertiary/aromatic N) is 2. The van der Waals surface area contributed by atoms with Crippen molar-refractivity contribution in [3.05, 3.63) is 16.4 Å². The quantitative estimate of drug-likeness (QED) is 0.627. The molecule has 0 amide bonds. The molecular weight excluding hydrogens is 280 g/mol. The van der Waals surface area contributed by atoms with Crippen molar-refractivity contribution in [2.75, 3.05) is 0 Å². The van der Waals surface area contributed by atoms with Crippen LogP contribution < -0.4 is 11.3 Å². The van der Waals surface area contributed by atoms with Gasteiger partial charge in [-0.05, 0) is 48.5 Å². The molecule has 17 heavy (non-hydrogen) atoms. The van der Waals surface area contributed by atoms with Crippen molar-refractivity contribution >= 4 is 15.9 Å². The van der Waals surface area contributed by atoms with Crippen molar-refractivity contribution in [2.45, 2.75) is 52.6 Å². The molecule has 98 valence electrons. The van der Waals surface area contributed by atoms with E-state index in [-0.39, 0.29) is 6.04 Å². The average molecular weight is 303 g/mol. The molecule has 5 heteroatoms. The number of halogens is 1. The number of hydrazine groups is 1. The van der Waals surface area contributed by atoms with Gasteiger partial charge in [-0.3, -0.25) is 16.0 Å². The van der Waals surface area contributed by atoms with Crippen molar-refractivity contribution in [3.8, 4) is 0 Å². The lowest BCUT2D eigenvalue weighted by Crippen LogP contribution is -2.30. The summed E-state index contributed by atoms with van der Waals surface area (Å²) >= 11 is 3.56. The lowest BCUT2D eigenvalue weighted by atomic mass is 10.0. The lowest BCUT2D eigenvalue weighted by molar-refractivity contribution is 0.402. The topological polar surface area (TPSA) is 55.9 Å². The van der Waals surface area contributed by atoms with Crippen LogP contribution in [0.15, 0.2) is 10.7 Å². The van der Waals surface area contributed by atoms with E-state index < -0.39 is 0 Å². The normalized spacial score (nSPS) is 13.6. The predicted molar refractivity (Wildman–Crippen MR) is 74.4 cm³/mol. The number of nitrogens with one attached hydrogen (secondary N) is 1. The molecule has 0 saturated heterocycles. The van der Waals surface area contributed by atoms with Crippen molar-refractivity contribution in [1.29, 1.82) is 0 Å². The van der Waals surface area contributed by atoms with Gasteiger partial charge in [-0.15, -0.1) is 0 Å². The molecular formula is C12H23BrN4. The Balaban J connectivity index is 2.90. The lowest BCUT2D eigenvalue weighted by Gasteiger charge is -2.21. The van der Waals surface area contributed by atoms with Crippen LogP contribution in [0, 0.1) is 5.92 Å². The van der Waals surface area contributed by atoms with Gasteiger partial charge in [0.25, 0.3) is 0 Å². The zero-order chi connectivity index (χ0) is 13.0. The Morgan fingerprint density at radius 1 is 1.35 bits per heavy atom. The third-order valence-corrected chi connectivity index (χ3v) is 3.45. The summed E-state index contributed by atoms with van der Waals surface area (Å²) in [5.41, 5.74) is 4.05. The Morgan fingerprint density at radius 3 is 2.47 bits per heavy atom. The molecule has 0 aliphatic heterocycles. The zero-order valence-corrected chi connectivity index (χ0v) is 12.7. The Bertz CT molecular complexity index is 346. The predicted octanol–water partition coefficient (Wildman–Crippen LogP) is 3.17. The summed E-state index contributed by atoms with van der Waals surface area (Å²) in [5.74, 6) is 6.36. The minimum absolute atomic E-state index is 0.150. The van der Waals surface area contributed by atoms with Crippen molar-refractivity contribution in [3.63, 3.8) is 0 Å². The zero-order valence-electron chi connectivity index (χ0n) is 11.1. The molecule has 1 heterocycles. The fraction of sp³-hybridized carbons (Fsp3) is 0.750. The third-order valence-electron chi connectivity index (χ3n) is 2.84. The highest BCUT2D eigenvalue weighted by molar-refractivity contribution is 9.10. The Morgan fingerprint density at radius 2 is 2.00 bits per heavy atom. The second kappa shape index (κ2) is 6.52. The second-order valence-corrected chi connectivity index (χ2v) is 5.96. The summed E-state index contributed by atoms with van der Waals surface area (Å²) in [5, 5.41) is 4.39. The molecule has 0 saturated carbocycles. The molecule has 0 spiro atoms. The van der Waals surface area contributed by atoms with Crippen LogP contribution in [-0.2, 0) is 0 Å². The van der Waals surface area contributed by atoms with E-state index in [1.165, 1.54) is 0 Å². The Labute approximate surface area is 112 Å². The van der Waals surface area contributed by atoms with Crippen LogP contribution >= 0.6 is 15.9 Å². The first-order valence-electron chi connectivity index (χ1n) is 6.16. The Kier molecular flexibility index (Phi) is 5.62.